The monoisotopic (exact) mass is 290 g/mol. The second-order valence-corrected chi connectivity index (χ2v) is 5.37. The van der Waals surface area contributed by atoms with Gasteiger partial charge in [0.1, 0.15) is 11.8 Å². The van der Waals surface area contributed by atoms with Crippen LogP contribution >= 0.6 is 0 Å². The summed E-state index contributed by atoms with van der Waals surface area (Å²) >= 11 is 0. The van der Waals surface area contributed by atoms with Gasteiger partial charge in [0.25, 0.3) is 0 Å². The van der Waals surface area contributed by atoms with E-state index >= 15 is 0 Å². The van der Waals surface area contributed by atoms with Crippen molar-refractivity contribution in [2.24, 2.45) is 0 Å². The predicted molar refractivity (Wildman–Crippen MR) is 80.2 cm³/mol. The molecule has 1 atom stereocenters. The summed E-state index contributed by atoms with van der Waals surface area (Å²) in [5.74, 6) is 0.712. The number of nitrogens with zero attached hydrogens (tertiary/aromatic N) is 1. The molecular formula is C16H22N2O3. The first-order chi connectivity index (χ1) is 10.0. The maximum atomic E-state index is 12.2. The molecule has 1 aromatic carbocycles. The first kappa shape index (κ1) is 15.4. The van der Waals surface area contributed by atoms with Gasteiger partial charge < -0.3 is 15.0 Å². The molecule has 2 amide bonds. The van der Waals surface area contributed by atoms with Gasteiger partial charge in [0.15, 0.2) is 0 Å². The van der Waals surface area contributed by atoms with Crippen molar-refractivity contribution < 1.29 is 14.3 Å². The largest absolute Gasteiger partial charge is 0.493 e. The summed E-state index contributed by atoms with van der Waals surface area (Å²) in [6.07, 6.45) is 0.283. The number of ether oxygens (including phenoxy) is 1. The van der Waals surface area contributed by atoms with Gasteiger partial charge in [-0.2, -0.15) is 0 Å². The highest BCUT2D eigenvalue weighted by molar-refractivity contribution is 5.88. The second kappa shape index (κ2) is 6.61. The van der Waals surface area contributed by atoms with Crippen molar-refractivity contribution >= 4 is 11.8 Å². The molecule has 1 aliphatic heterocycles. The lowest BCUT2D eigenvalue weighted by Gasteiger charge is -2.32. The number of rotatable bonds is 4. The fraction of sp³-hybridized carbons (Fsp3) is 0.500. The van der Waals surface area contributed by atoms with E-state index in [0.717, 1.165) is 16.9 Å². The number of amides is 2. The lowest BCUT2D eigenvalue weighted by atomic mass is 10.1. The number of carbonyl (C=O) groups is 2. The minimum Gasteiger partial charge on any atom is -0.493 e. The Bertz CT molecular complexity index is 522. The number of hydrogen-bond acceptors (Lipinski definition) is 3. The summed E-state index contributed by atoms with van der Waals surface area (Å²) < 4.78 is 5.74. The Hall–Kier alpha value is -2.04. The fourth-order valence-electron chi connectivity index (χ4n) is 2.53. The first-order valence-electron chi connectivity index (χ1n) is 7.27. The van der Waals surface area contributed by atoms with Gasteiger partial charge in [-0.1, -0.05) is 18.2 Å². The highest BCUT2D eigenvalue weighted by atomic mass is 16.5. The Kier molecular flexibility index (Phi) is 4.83. The van der Waals surface area contributed by atoms with Crippen LogP contribution in [0.3, 0.4) is 0 Å². The van der Waals surface area contributed by atoms with Gasteiger partial charge in [-0.3, -0.25) is 9.59 Å². The molecule has 1 saturated heterocycles. The smallest absolute Gasteiger partial charge is 0.242 e. The molecule has 21 heavy (non-hydrogen) atoms. The van der Waals surface area contributed by atoms with Gasteiger partial charge in [-0.25, -0.2) is 0 Å². The van der Waals surface area contributed by atoms with Crippen molar-refractivity contribution in [1.29, 1.82) is 0 Å². The molecule has 2 rings (SSSR count). The maximum absolute atomic E-state index is 12.2. The molecule has 114 valence electrons. The van der Waals surface area contributed by atoms with Gasteiger partial charge in [-0.05, 0) is 31.9 Å². The van der Waals surface area contributed by atoms with Crippen molar-refractivity contribution in [2.45, 2.75) is 33.2 Å². The van der Waals surface area contributed by atoms with Crippen LogP contribution in [0.5, 0.6) is 5.75 Å². The molecule has 5 heteroatoms. The number of nitrogens with one attached hydrogen (secondary N) is 1. The lowest BCUT2D eigenvalue weighted by molar-refractivity contribution is -0.142. The SMILES string of the molecule is Cc1cccc(C)c1OCCC(=O)N1CCNC(=O)C1C. The zero-order valence-electron chi connectivity index (χ0n) is 12.8. The molecular weight excluding hydrogens is 268 g/mol. The Morgan fingerprint density at radius 3 is 2.71 bits per heavy atom. The van der Waals surface area contributed by atoms with Gasteiger partial charge in [0.05, 0.1) is 13.0 Å². The number of benzene rings is 1. The average Bonchev–Trinajstić information content (AvgIpc) is 2.45. The maximum Gasteiger partial charge on any atom is 0.242 e. The van der Waals surface area contributed by atoms with E-state index < -0.39 is 6.04 Å². The van der Waals surface area contributed by atoms with E-state index in [2.05, 4.69) is 5.32 Å². The van der Waals surface area contributed by atoms with E-state index in [1.165, 1.54) is 0 Å². The van der Waals surface area contributed by atoms with Crippen LogP contribution in [-0.4, -0.2) is 42.5 Å². The summed E-state index contributed by atoms with van der Waals surface area (Å²) in [6.45, 7) is 7.14. The quantitative estimate of drug-likeness (QED) is 0.912. The molecule has 1 fully saturated rings. The number of aryl methyl sites for hydroxylation is 2. The van der Waals surface area contributed by atoms with Gasteiger partial charge in [0, 0.05) is 13.1 Å². The van der Waals surface area contributed by atoms with Gasteiger partial charge in [0.2, 0.25) is 11.8 Å². The van der Waals surface area contributed by atoms with E-state index in [1.807, 2.05) is 32.0 Å². The molecule has 1 heterocycles. The van der Waals surface area contributed by atoms with E-state index in [4.69, 9.17) is 4.74 Å². The molecule has 5 nitrogen and oxygen atoms in total. The molecule has 0 spiro atoms. The normalized spacial score (nSPS) is 18.3. The molecule has 0 aromatic heterocycles. The van der Waals surface area contributed by atoms with Crippen molar-refractivity contribution in [3.8, 4) is 5.75 Å². The highest BCUT2D eigenvalue weighted by Crippen LogP contribution is 2.22. The standard InChI is InChI=1S/C16H22N2O3/c1-11-5-4-6-12(2)15(11)21-10-7-14(19)18-9-8-17-16(20)13(18)3/h4-6,13H,7-10H2,1-3H3,(H,17,20). The van der Waals surface area contributed by atoms with Crippen LogP contribution in [0, 0.1) is 13.8 Å². The number of para-hydroxylation sites is 1. The van der Waals surface area contributed by atoms with Crippen LogP contribution in [0.15, 0.2) is 18.2 Å². The van der Waals surface area contributed by atoms with Crippen LogP contribution in [-0.2, 0) is 9.59 Å². The molecule has 1 unspecified atom stereocenters. The Balaban J connectivity index is 1.88. The minimum absolute atomic E-state index is 0.0383. The van der Waals surface area contributed by atoms with Crippen LogP contribution in [0.2, 0.25) is 0 Å². The summed E-state index contributed by atoms with van der Waals surface area (Å²) in [5, 5.41) is 2.75. The van der Waals surface area contributed by atoms with Crippen molar-refractivity contribution in [3.05, 3.63) is 29.3 Å². The summed E-state index contributed by atoms with van der Waals surface area (Å²) in [7, 11) is 0. The number of piperazine rings is 1. The first-order valence-corrected chi connectivity index (χ1v) is 7.27. The summed E-state index contributed by atoms with van der Waals surface area (Å²) in [6, 6.07) is 5.56. The zero-order chi connectivity index (χ0) is 15.4. The van der Waals surface area contributed by atoms with E-state index in [1.54, 1.807) is 11.8 Å². The van der Waals surface area contributed by atoms with Crippen LogP contribution in [0.1, 0.15) is 24.5 Å². The molecule has 0 aliphatic carbocycles. The average molecular weight is 290 g/mol. The van der Waals surface area contributed by atoms with Gasteiger partial charge in [-0.15, -0.1) is 0 Å². The third-order valence-electron chi connectivity index (χ3n) is 3.79. The number of hydrogen-bond donors (Lipinski definition) is 1. The molecule has 1 aliphatic rings. The Labute approximate surface area is 125 Å². The second-order valence-electron chi connectivity index (χ2n) is 5.37. The van der Waals surface area contributed by atoms with Crippen LogP contribution in [0.25, 0.3) is 0 Å². The molecule has 0 saturated carbocycles. The number of carbonyl (C=O) groups excluding carboxylic acids is 2. The van der Waals surface area contributed by atoms with E-state index in [-0.39, 0.29) is 18.2 Å². The zero-order valence-corrected chi connectivity index (χ0v) is 12.8. The highest BCUT2D eigenvalue weighted by Gasteiger charge is 2.28. The summed E-state index contributed by atoms with van der Waals surface area (Å²) in [5.41, 5.74) is 2.13. The van der Waals surface area contributed by atoms with Gasteiger partial charge >= 0.3 is 0 Å². The van der Waals surface area contributed by atoms with Crippen molar-refractivity contribution in [1.82, 2.24) is 10.2 Å². The fourth-order valence-corrected chi connectivity index (χ4v) is 2.53. The van der Waals surface area contributed by atoms with Crippen LogP contribution < -0.4 is 10.1 Å². The minimum atomic E-state index is -0.397. The van der Waals surface area contributed by atoms with Crippen LogP contribution in [0.4, 0.5) is 0 Å². The predicted octanol–water partition coefficient (Wildman–Crippen LogP) is 1.42. The molecule has 1 aromatic rings. The lowest BCUT2D eigenvalue weighted by Crippen LogP contribution is -2.56. The van der Waals surface area contributed by atoms with E-state index in [0.29, 0.717) is 19.7 Å². The van der Waals surface area contributed by atoms with Crippen molar-refractivity contribution in [2.75, 3.05) is 19.7 Å². The van der Waals surface area contributed by atoms with E-state index in [9.17, 15) is 9.59 Å². The third kappa shape index (κ3) is 3.54. The van der Waals surface area contributed by atoms with Crippen molar-refractivity contribution in [3.63, 3.8) is 0 Å². The topological polar surface area (TPSA) is 58.6 Å². The molecule has 0 radical (unpaired) electrons. The Morgan fingerprint density at radius 1 is 1.38 bits per heavy atom. The third-order valence-corrected chi connectivity index (χ3v) is 3.79. The Morgan fingerprint density at radius 2 is 2.05 bits per heavy atom. The molecule has 0 bridgehead atoms. The summed E-state index contributed by atoms with van der Waals surface area (Å²) in [4.78, 5) is 25.4. The molecule has 1 N–H and O–H groups in total.